The Morgan fingerprint density at radius 3 is 1.14 bits per heavy atom. The van der Waals surface area contributed by atoms with Crippen LogP contribution in [0.1, 0.15) is 245 Å². The normalized spacial score (nSPS) is 10.1. The molecule has 0 saturated carbocycles. The molecule has 0 aliphatic heterocycles. The second-order valence-corrected chi connectivity index (χ2v) is 22.7. The molecule has 0 aliphatic rings. The van der Waals surface area contributed by atoms with E-state index < -0.39 is 0 Å². The van der Waals surface area contributed by atoms with Gasteiger partial charge in [0.25, 0.3) is 0 Å². The minimum atomic E-state index is 0.0948. The molecule has 0 radical (unpaired) electrons. The molecule has 0 saturated heterocycles. The first kappa shape index (κ1) is 77.2. The Bertz CT molecular complexity index is 2960. The van der Waals surface area contributed by atoms with Crippen LogP contribution in [0.3, 0.4) is 0 Å². The van der Waals surface area contributed by atoms with Crippen molar-refractivity contribution in [1.82, 2.24) is 0 Å². The fourth-order valence-corrected chi connectivity index (χ4v) is 8.47. The van der Waals surface area contributed by atoms with Gasteiger partial charge < -0.3 is 0 Å². The molecule has 87 heavy (non-hydrogen) atoms. The van der Waals surface area contributed by atoms with E-state index in [2.05, 4.69) is 55.4 Å². The van der Waals surface area contributed by atoms with E-state index in [0.29, 0.717) is 49.7 Å². The summed E-state index contributed by atoms with van der Waals surface area (Å²) in [7, 11) is 0. The summed E-state index contributed by atoms with van der Waals surface area (Å²) in [6, 6.07) is 62.0. The number of ketones is 7. The second-order valence-electron chi connectivity index (χ2n) is 22.7. The van der Waals surface area contributed by atoms with Crippen molar-refractivity contribution in [3.05, 3.63) is 250 Å². The SMILES string of the molecule is CC(=O)c1ccc(CC(C)C)cc1.CC(C)C(=O)c1ccccc1.CC(C)CC(=O)c1ccccc1.CCC(=O)c1ccc(CC)cc1.CCCCC(=O)Cc1ccccc1.CCCCCC(=O)c1ccccc1.CCCc1ccc(C(=O)CC)cc1. The van der Waals surface area contributed by atoms with Gasteiger partial charge in [-0.3, -0.25) is 33.6 Å². The van der Waals surface area contributed by atoms with Crippen molar-refractivity contribution in [1.29, 1.82) is 0 Å². The van der Waals surface area contributed by atoms with Crippen LogP contribution in [0.25, 0.3) is 0 Å². The van der Waals surface area contributed by atoms with Crippen LogP contribution < -0.4 is 0 Å². The van der Waals surface area contributed by atoms with Crippen LogP contribution in [-0.4, -0.2) is 40.5 Å². The number of carbonyl (C=O) groups excluding carboxylic acids is 7. The van der Waals surface area contributed by atoms with Crippen molar-refractivity contribution < 1.29 is 33.6 Å². The Kier molecular flexibility index (Phi) is 42.1. The largest absolute Gasteiger partial charge is 0.299 e. The summed E-state index contributed by atoms with van der Waals surface area (Å²) < 4.78 is 0. The molecule has 0 atom stereocenters. The van der Waals surface area contributed by atoms with Gasteiger partial charge in [0.15, 0.2) is 34.7 Å². The van der Waals surface area contributed by atoms with Gasteiger partial charge in [0.05, 0.1) is 0 Å². The lowest BCUT2D eigenvalue weighted by Crippen LogP contribution is -2.06. The number of benzene rings is 7. The highest BCUT2D eigenvalue weighted by Gasteiger charge is 2.10. The standard InChI is InChI=1S/4C12H16O.2C11H14O.C10H12O/c1-9(2)8-11-4-6-12(7-5-11)10(3)13;1-3-5-10-6-8-11(9-7-10)12(13)4-2;1-2-3-9-12(13)10-11-7-5-4-6-8-11;1-2-3-5-10-12(13)11-8-6-4-7-9-11;1-9(2)8-11(12)10-6-4-3-5-7-10;1-3-9-5-7-10(8-6-9)11(12)4-2;1-8(2)10(11)9-6-4-3-5-7-9/h4-7,9H,8H2,1-3H3;6-9H,3-5H2,1-2H3;4-8H,2-3,9-10H2,1H3;4,6-9H,2-3,5,10H2,1H3;3-7,9H,8H2,1-2H3;5-8H,3-4H2,1-2H3;3-8H,1-2H3. The maximum absolute atomic E-state index is 11.5. The smallest absolute Gasteiger partial charge is 0.165 e. The molecule has 466 valence electrons. The van der Waals surface area contributed by atoms with Gasteiger partial charge in [0, 0.05) is 77.8 Å². The number of unbranched alkanes of at least 4 members (excludes halogenated alkanes) is 3. The molecule has 7 rings (SSSR count). The van der Waals surface area contributed by atoms with Crippen LogP contribution in [0.15, 0.2) is 194 Å². The van der Waals surface area contributed by atoms with E-state index in [1.807, 2.05) is 222 Å². The maximum atomic E-state index is 11.5. The summed E-state index contributed by atoms with van der Waals surface area (Å²) in [6.45, 7) is 26.2. The average molecular weight is 1180 g/mol. The summed E-state index contributed by atoms with van der Waals surface area (Å²) in [5.74, 6) is 2.87. The van der Waals surface area contributed by atoms with Crippen molar-refractivity contribution in [3.63, 3.8) is 0 Å². The number of aryl methyl sites for hydroxylation is 2. The molecule has 0 aromatic heterocycles. The summed E-state index contributed by atoms with van der Waals surface area (Å²) >= 11 is 0. The van der Waals surface area contributed by atoms with Gasteiger partial charge in [-0.15, -0.1) is 0 Å². The highest BCUT2D eigenvalue weighted by Crippen LogP contribution is 2.14. The highest BCUT2D eigenvalue weighted by molar-refractivity contribution is 5.98. The molecule has 7 aromatic carbocycles. The molecule has 0 heterocycles. The Morgan fingerprint density at radius 1 is 0.345 bits per heavy atom. The van der Waals surface area contributed by atoms with Crippen LogP contribution in [0.4, 0.5) is 0 Å². The fraction of sp³-hybridized carbons (Fsp3) is 0.388. The highest BCUT2D eigenvalue weighted by atomic mass is 16.1. The zero-order valence-corrected chi connectivity index (χ0v) is 55.2. The van der Waals surface area contributed by atoms with Gasteiger partial charge in [-0.2, -0.15) is 0 Å². The average Bonchev–Trinajstić information content (AvgIpc) is 3.68. The molecule has 0 amide bonds. The predicted octanol–water partition coefficient (Wildman–Crippen LogP) is 21.0. The number of Topliss-reactive ketones (excluding diaryl/α,β-unsaturated/α-hetero) is 7. The first-order chi connectivity index (χ1) is 41.7. The molecule has 7 nitrogen and oxygen atoms in total. The number of hydrogen-bond donors (Lipinski definition) is 0. The Labute approximate surface area is 525 Å². The van der Waals surface area contributed by atoms with Crippen molar-refractivity contribution >= 4 is 40.5 Å². The third-order valence-corrected chi connectivity index (χ3v) is 13.6. The summed E-state index contributed by atoms with van der Waals surface area (Å²) in [6.07, 6.45) is 13.7. The third kappa shape index (κ3) is 36.1. The third-order valence-electron chi connectivity index (χ3n) is 13.6. The minimum Gasteiger partial charge on any atom is -0.299 e. The number of rotatable bonds is 25. The molecule has 0 aliphatic carbocycles. The lowest BCUT2D eigenvalue weighted by atomic mass is 10.0. The van der Waals surface area contributed by atoms with Gasteiger partial charge in [0.2, 0.25) is 0 Å². The molecule has 0 bridgehead atoms. The molecule has 0 unspecified atom stereocenters. The Balaban J connectivity index is 0.000000508. The monoisotopic (exact) mass is 1180 g/mol. The van der Waals surface area contributed by atoms with Crippen LogP contribution in [0, 0.1) is 17.8 Å². The van der Waals surface area contributed by atoms with E-state index in [9.17, 15) is 33.6 Å². The van der Waals surface area contributed by atoms with Crippen LogP contribution in [-0.2, 0) is 30.5 Å². The molecular weight excluding hydrogens is 1070 g/mol. The molecular formula is C80H104O7. The van der Waals surface area contributed by atoms with E-state index in [4.69, 9.17) is 0 Å². The quantitative estimate of drug-likeness (QED) is 0.0413. The summed E-state index contributed by atoms with van der Waals surface area (Å²) in [4.78, 5) is 79.2. The first-order valence-electron chi connectivity index (χ1n) is 31.9. The zero-order valence-electron chi connectivity index (χ0n) is 55.2. The summed E-state index contributed by atoms with van der Waals surface area (Å²) in [5.41, 5.74) is 9.97. The molecule has 0 spiro atoms. The molecule has 7 heteroatoms. The van der Waals surface area contributed by atoms with E-state index in [1.54, 1.807) is 6.92 Å². The fourth-order valence-electron chi connectivity index (χ4n) is 8.47. The van der Waals surface area contributed by atoms with Crippen LogP contribution in [0.5, 0.6) is 0 Å². The summed E-state index contributed by atoms with van der Waals surface area (Å²) in [5, 5.41) is 0. The van der Waals surface area contributed by atoms with Gasteiger partial charge in [0.1, 0.15) is 5.78 Å². The number of hydrogen-bond acceptors (Lipinski definition) is 7. The van der Waals surface area contributed by atoms with Crippen LogP contribution in [0.2, 0.25) is 0 Å². The second kappa shape index (κ2) is 47.4. The van der Waals surface area contributed by atoms with Crippen molar-refractivity contribution in [2.45, 2.75) is 186 Å². The van der Waals surface area contributed by atoms with E-state index in [0.717, 1.165) is 96.7 Å². The van der Waals surface area contributed by atoms with Gasteiger partial charge in [-0.25, -0.2) is 0 Å². The van der Waals surface area contributed by atoms with Crippen molar-refractivity contribution in [2.24, 2.45) is 17.8 Å². The lowest BCUT2D eigenvalue weighted by molar-refractivity contribution is -0.118. The van der Waals surface area contributed by atoms with Crippen molar-refractivity contribution in [2.75, 3.05) is 0 Å². The molecule has 7 aromatic rings. The Hall–Kier alpha value is -7.77. The minimum absolute atomic E-state index is 0.0948. The van der Waals surface area contributed by atoms with Gasteiger partial charge in [-0.1, -0.05) is 303 Å². The van der Waals surface area contributed by atoms with E-state index in [1.165, 1.54) is 23.1 Å². The van der Waals surface area contributed by atoms with Gasteiger partial charge in [-0.05, 0) is 73.1 Å². The van der Waals surface area contributed by atoms with E-state index in [-0.39, 0.29) is 40.6 Å². The maximum Gasteiger partial charge on any atom is 0.165 e. The zero-order chi connectivity index (χ0) is 64.8. The topological polar surface area (TPSA) is 119 Å². The predicted molar refractivity (Wildman–Crippen MR) is 366 cm³/mol. The molecule has 0 N–H and O–H groups in total. The van der Waals surface area contributed by atoms with Crippen LogP contribution >= 0.6 is 0 Å². The van der Waals surface area contributed by atoms with Gasteiger partial charge >= 0.3 is 0 Å². The van der Waals surface area contributed by atoms with E-state index >= 15 is 0 Å². The van der Waals surface area contributed by atoms with Crippen molar-refractivity contribution in [3.8, 4) is 0 Å². The lowest BCUT2D eigenvalue weighted by Gasteiger charge is -2.04. The first-order valence-corrected chi connectivity index (χ1v) is 31.9. The number of carbonyl (C=O) groups is 7. The molecule has 0 fully saturated rings. The Morgan fingerprint density at radius 2 is 0.747 bits per heavy atom.